The first kappa shape index (κ1) is 23.2. The lowest BCUT2D eigenvalue weighted by molar-refractivity contribution is 0.204. The van der Waals surface area contributed by atoms with E-state index >= 15 is 0 Å². The van der Waals surface area contributed by atoms with Crippen LogP contribution >= 0.6 is 0 Å². The van der Waals surface area contributed by atoms with Gasteiger partial charge in [-0.25, -0.2) is 0 Å². The number of hydrogen-bond donors (Lipinski definition) is 0. The van der Waals surface area contributed by atoms with Gasteiger partial charge in [-0.1, -0.05) is 128 Å². The summed E-state index contributed by atoms with van der Waals surface area (Å²) in [6.07, 6.45) is 18.5. The maximum atomic E-state index is 2.62. The van der Waals surface area contributed by atoms with E-state index in [2.05, 4.69) is 56.0 Å². The molecule has 1 atom stereocenters. The third-order valence-corrected chi connectivity index (χ3v) is 5.77. The number of unbranched alkanes of at least 4 members (excludes halogenated alkanes) is 11. The van der Waals surface area contributed by atoms with Gasteiger partial charge in [0.2, 0.25) is 0 Å². The van der Waals surface area contributed by atoms with Gasteiger partial charge in [0.1, 0.15) is 0 Å². The van der Waals surface area contributed by atoms with E-state index in [1.54, 1.807) is 0 Å². The molecule has 0 radical (unpaired) electrons. The number of nitrogens with zero attached hydrogens (tertiary/aromatic N) is 1. The molecule has 0 N–H and O–H groups in total. The topological polar surface area (TPSA) is 3.24 Å². The predicted octanol–water partition coefficient (Wildman–Crippen LogP) is 8.16. The van der Waals surface area contributed by atoms with Crippen molar-refractivity contribution in [3.05, 3.63) is 35.9 Å². The van der Waals surface area contributed by atoms with Crippen molar-refractivity contribution in [3.8, 4) is 0 Å². The van der Waals surface area contributed by atoms with Crippen LogP contribution in [0.4, 0.5) is 0 Å². The van der Waals surface area contributed by atoms with Gasteiger partial charge in [0.25, 0.3) is 0 Å². The molecule has 1 unspecified atom stereocenters. The Balaban J connectivity index is 2.12. The maximum Gasteiger partial charge on any atom is 0.0347 e. The van der Waals surface area contributed by atoms with E-state index in [0.717, 1.165) is 13.1 Å². The summed E-state index contributed by atoms with van der Waals surface area (Å²) in [5.41, 5.74) is 1.50. The fraction of sp³-hybridized carbons (Fsp3) is 0.760. The van der Waals surface area contributed by atoms with Crippen molar-refractivity contribution in [1.82, 2.24) is 4.90 Å². The summed E-state index contributed by atoms with van der Waals surface area (Å²) in [7, 11) is 0. The largest absolute Gasteiger partial charge is 0.297 e. The van der Waals surface area contributed by atoms with E-state index in [9.17, 15) is 0 Å². The van der Waals surface area contributed by atoms with E-state index < -0.39 is 0 Å². The third-order valence-electron chi connectivity index (χ3n) is 5.77. The van der Waals surface area contributed by atoms with Gasteiger partial charge in [-0.2, -0.15) is 0 Å². The molecule has 0 bridgehead atoms. The van der Waals surface area contributed by atoms with Crippen molar-refractivity contribution in [3.63, 3.8) is 0 Å². The van der Waals surface area contributed by atoms with Crippen LogP contribution in [0.1, 0.15) is 116 Å². The lowest BCUT2D eigenvalue weighted by atomic mass is 9.98. The summed E-state index contributed by atoms with van der Waals surface area (Å²) in [6, 6.07) is 11.7. The summed E-state index contributed by atoms with van der Waals surface area (Å²) < 4.78 is 0. The molecule has 0 aliphatic heterocycles. The minimum absolute atomic E-state index is 0.606. The Morgan fingerprint density at radius 1 is 0.615 bits per heavy atom. The molecule has 150 valence electrons. The number of benzene rings is 1. The zero-order valence-corrected chi connectivity index (χ0v) is 18.0. The van der Waals surface area contributed by atoms with Gasteiger partial charge in [-0.15, -0.1) is 0 Å². The van der Waals surface area contributed by atoms with Crippen molar-refractivity contribution in [2.24, 2.45) is 0 Å². The molecule has 0 heterocycles. The smallest absolute Gasteiger partial charge is 0.0347 e. The minimum Gasteiger partial charge on any atom is -0.297 e. The summed E-state index contributed by atoms with van der Waals surface area (Å²) in [5, 5.41) is 0. The number of hydrogen-bond acceptors (Lipinski definition) is 1. The van der Waals surface area contributed by atoms with E-state index in [1.165, 1.54) is 89.0 Å². The Morgan fingerprint density at radius 2 is 1.08 bits per heavy atom. The highest BCUT2D eigenvalue weighted by Gasteiger charge is 2.16. The zero-order chi connectivity index (χ0) is 18.9. The molecule has 0 aliphatic rings. The zero-order valence-electron chi connectivity index (χ0n) is 18.0. The van der Waals surface area contributed by atoms with Crippen molar-refractivity contribution in [2.45, 2.75) is 110 Å². The first-order valence-electron chi connectivity index (χ1n) is 11.6. The van der Waals surface area contributed by atoms with Gasteiger partial charge in [0, 0.05) is 6.04 Å². The summed E-state index contributed by atoms with van der Waals surface area (Å²) in [5.74, 6) is 0. The molecule has 1 rings (SSSR count). The molecule has 26 heavy (non-hydrogen) atoms. The van der Waals surface area contributed by atoms with Crippen molar-refractivity contribution < 1.29 is 0 Å². The van der Waals surface area contributed by atoms with Crippen LogP contribution in [-0.4, -0.2) is 18.0 Å². The fourth-order valence-electron chi connectivity index (χ4n) is 4.08. The standard InChI is InChI=1S/C25H45N/c1-4-7-8-9-10-11-12-13-14-15-16-20-23-25(26(5-2)6-3)24-21-18-17-19-22-24/h17-19,21-22,25H,4-16,20,23H2,1-3H3. The van der Waals surface area contributed by atoms with Crippen LogP contribution in [-0.2, 0) is 0 Å². The van der Waals surface area contributed by atoms with E-state index in [-0.39, 0.29) is 0 Å². The molecule has 1 heteroatoms. The second-order valence-electron chi connectivity index (χ2n) is 7.83. The lowest BCUT2D eigenvalue weighted by Gasteiger charge is -2.30. The molecule has 0 fully saturated rings. The predicted molar refractivity (Wildman–Crippen MR) is 118 cm³/mol. The molecule has 1 aromatic rings. The van der Waals surface area contributed by atoms with E-state index in [1.807, 2.05) is 0 Å². The van der Waals surface area contributed by atoms with E-state index in [4.69, 9.17) is 0 Å². The van der Waals surface area contributed by atoms with Crippen molar-refractivity contribution in [1.29, 1.82) is 0 Å². The highest BCUT2D eigenvalue weighted by atomic mass is 15.1. The molecule has 1 nitrogen and oxygen atoms in total. The first-order chi connectivity index (χ1) is 12.8. The Labute approximate surface area is 164 Å². The normalized spacial score (nSPS) is 12.6. The highest BCUT2D eigenvalue weighted by molar-refractivity contribution is 5.19. The average molecular weight is 360 g/mol. The van der Waals surface area contributed by atoms with Gasteiger partial charge >= 0.3 is 0 Å². The summed E-state index contributed by atoms with van der Waals surface area (Å²) >= 11 is 0. The van der Waals surface area contributed by atoms with Gasteiger partial charge in [-0.05, 0) is 25.1 Å². The van der Waals surface area contributed by atoms with Crippen LogP contribution < -0.4 is 0 Å². The Kier molecular flexibility index (Phi) is 14.6. The van der Waals surface area contributed by atoms with Crippen molar-refractivity contribution >= 4 is 0 Å². The van der Waals surface area contributed by atoms with Crippen LogP contribution in [0.2, 0.25) is 0 Å². The molecule has 0 saturated heterocycles. The average Bonchev–Trinajstić information content (AvgIpc) is 2.68. The van der Waals surface area contributed by atoms with Crippen LogP contribution in [0.25, 0.3) is 0 Å². The van der Waals surface area contributed by atoms with Crippen molar-refractivity contribution in [2.75, 3.05) is 13.1 Å². The Bertz CT molecular complexity index is 396. The third kappa shape index (κ3) is 10.4. The second kappa shape index (κ2) is 16.4. The van der Waals surface area contributed by atoms with Gasteiger partial charge in [0.05, 0.1) is 0 Å². The molecule has 1 aromatic carbocycles. The molecule has 0 amide bonds. The Hall–Kier alpha value is -0.820. The lowest BCUT2D eigenvalue weighted by Crippen LogP contribution is -2.28. The first-order valence-corrected chi connectivity index (χ1v) is 11.6. The SMILES string of the molecule is CCCCCCCCCCCCCCC(c1ccccc1)N(CC)CC. The second-order valence-corrected chi connectivity index (χ2v) is 7.83. The summed E-state index contributed by atoms with van der Waals surface area (Å²) in [6.45, 7) is 9.18. The monoisotopic (exact) mass is 359 g/mol. The quantitative estimate of drug-likeness (QED) is 0.253. The highest BCUT2D eigenvalue weighted by Crippen LogP contribution is 2.26. The molecule has 0 aromatic heterocycles. The minimum atomic E-state index is 0.606. The van der Waals surface area contributed by atoms with Crippen LogP contribution in [0.3, 0.4) is 0 Å². The van der Waals surface area contributed by atoms with Gasteiger partial charge in [0.15, 0.2) is 0 Å². The van der Waals surface area contributed by atoms with E-state index in [0.29, 0.717) is 6.04 Å². The van der Waals surface area contributed by atoms with Gasteiger partial charge in [-0.3, -0.25) is 4.90 Å². The van der Waals surface area contributed by atoms with Crippen LogP contribution in [0.15, 0.2) is 30.3 Å². The van der Waals surface area contributed by atoms with Crippen LogP contribution in [0.5, 0.6) is 0 Å². The molecule has 0 aliphatic carbocycles. The fourth-order valence-corrected chi connectivity index (χ4v) is 4.08. The molecule has 0 saturated carbocycles. The number of rotatable bonds is 17. The Morgan fingerprint density at radius 3 is 1.54 bits per heavy atom. The summed E-state index contributed by atoms with van der Waals surface area (Å²) in [4.78, 5) is 2.62. The van der Waals surface area contributed by atoms with Gasteiger partial charge < -0.3 is 0 Å². The molecular weight excluding hydrogens is 314 g/mol. The molecule has 0 spiro atoms. The maximum absolute atomic E-state index is 2.62. The molecular formula is C25H45N. The van der Waals surface area contributed by atoms with Crippen LogP contribution in [0, 0.1) is 0 Å².